The van der Waals surface area contributed by atoms with Crippen molar-refractivity contribution < 1.29 is 8.42 Å². The van der Waals surface area contributed by atoms with Crippen LogP contribution in [-0.2, 0) is 16.6 Å². The van der Waals surface area contributed by atoms with Crippen LogP contribution in [0.15, 0.2) is 61.1 Å². The molecule has 5 rings (SSSR count). The van der Waals surface area contributed by atoms with Crippen LogP contribution in [0.1, 0.15) is 12.5 Å². The summed E-state index contributed by atoms with van der Waals surface area (Å²) in [4.78, 5) is 15.9. The molecule has 4 heterocycles. The van der Waals surface area contributed by atoms with E-state index >= 15 is 0 Å². The van der Waals surface area contributed by atoms with E-state index in [1.54, 1.807) is 18.5 Å². The molecule has 1 aliphatic heterocycles. The highest BCUT2D eigenvalue weighted by Gasteiger charge is 2.19. The first-order valence-corrected chi connectivity index (χ1v) is 13.7. The molecule has 188 valence electrons. The van der Waals surface area contributed by atoms with Gasteiger partial charge in [-0.1, -0.05) is 6.07 Å². The average Bonchev–Trinajstić information content (AvgIpc) is 3.26. The molecular weight excluding hydrogens is 476 g/mol. The first-order valence-electron chi connectivity index (χ1n) is 11.8. The van der Waals surface area contributed by atoms with Crippen molar-refractivity contribution in [1.29, 1.82) is 0 Å². The number of piperazine rings is 1. The third-order valence-electron chi connectivity index (χ3n) is 6.46. The van der Waals surface area contributed by atoms with Gasteiger partial charge in [-0.2, -0.15) is 4.98 Å². The van der Waals surface area contributed by atoms with Gasteiger partial charge in [-0.15, -0.1) is 0 Å². The fourth-order valence-electron chi connectivity index (χ4n) is 4.43. The van der Waals surface area contributed by atoms with Crippen molar-refractivity contribution in [3.63, 3.8) is 0 Å². The summed E-state index contributed by atoms with van der Waals surface area (Å²) in [6.45, 7) is 5.61. The Kier molecular flexibility index (Phi) is 6.50. The Morgan fingerprint density at radius 2 is 1.97 bits per heavy atom. The van der Waals surface area contributed by atoms with Gasteiger partial charge in [0.25, 0.3) is 0 Å². The number of nitrogens with zero attached hydrogens (tertiary/aromatic N) is 6. The molecule has 10 nitrogen and oxygen atoms in total. The number of hydrogen-bond acceptors (Lipinski definition) is 8. The lowest BCUT2D eigenvalue weighted by Gasteiger charge is -2.36. The Morgan fingerprint density at radius 3 is 2.72 bits per heavy atom. The van der Waals surface area contributed by atoms with Crippen LogP contribution < -0.4 is 19.8 Å². The molecule has 0 spiro atoms. The van der Waals surface area contributed by atoms with Crippen molar-refractivity contribution in [3.05, 3.63) is 66.6 Å². The van der Waals surface area contributed by atoms with Gasteiger partial charge in [0, 0.05) is 73.6 Å². The number of nitrogens with one attached hydrogen (secondary N) is 2. The second kappa shape index (κ2) is 9.75. The third kappa shape index (κ3) is 4.98. The Morgan fingerprint density at radius 1 is 1.17 bits per heavy atom. The van der Waals surface area contributed by atoms with Crippen molar-refractivity contribution >= 4 is 44.2 Å². The van der Waals surface area contributed by atoms with Gasteiger partial charge in [-0.25, -0.2) is 18.4 Å². The molecule has 0 saturated carbocycles. The van der Waals surface area contributed by atoms with Crippen molar-refractivity contribution in [2.45, 2.75) is 19.5 Å². The van der Waals surface area contributed by atoms with E-state index in [0.29, 0.717) is 24.4 Å². The Hall–Kier alpha value is -3.70. The van der Waals surface area contributed by atoms with Crippen molar-refractivity contribution in [3.8, 4) is 0 Å². The summed E-state index contributed by atoms with van der Waals surface area (Å²) >= 11 is 0. The summed E-state index contributed by atoms with van der Waals surface area (Å²) in [7, 11) is -1.93. The second-order valence-electron chi connectivity index (χ2n) is 9.05. The summed E-state index contributed by atoms with van der Waals surface area (Å²) in [5.74, 6) is 0.888. The molecule has 1 saturated heterocycles. The quantitative estimate of drug-likeness (QED) is 0.394. The van der Waals surface area contributed by atoms with Gasteiger partial charge in [0.1, 0.15) is 11.5 Å². The number of sulfonamides is 1. The zero-order valence-electron chi connectivity index (χ0n) is 20.6. The van der Waals surface area contributed by atoms with Gasteiger partial charge in [0.2, 0.25) is 16.0 Å². The van der Waals surface area contributed by atoms with Crippen LogP contribution >= 0.6 is 0 Å². The lowest BCUT2D eigenvalue weighted by Crippen LogP contribution is -2.49. The monoisotopic (exact) mass is 506 g/mol. The summed E-state index contributed by atoms with van der Waals surface area (Å²) < 4.78 is 27.3. The lowest BCUT2D eigenvalue weighted by molar-refractivity contribution is 0.501. The van der Waals surface area contributed by atoms with Crippen molar-refractivity contribution in [1.82, 2.24) is 24.8 Å². The molecule has 0 aliphatic carbocycles. The fraction of sp³-hybridized carbons (Fsp3) is 0.320. The largest absolute Gasteiger partial charge is 0.366 e. The van der Waals surface area contributed by atoms with Crippen LogP contribution in [0.4, 0.5) is 23.1 Å². The Labute approximate surface area is 211 Å². The van der Waals surface area contributed by atoms with E-state index in [1.807, 2.05) is 35.0 Å². The highest BCUT2D eigenvalue weighted by Crippen LogP contribution is 2.25. The van der Waals surface area contributed by atoms with Gasteiger partial charge in [-0.05, 0) is 43.3 Å². The van der Waals surface area contributed by atoms with Gasteiger partial charge in [0.05, 0.1) is 12.8 Å². The highest BCUT2D eigenvalue weighted by molar-refractivity contribution is 7.92. The number of aromatic nitrogens is 4. The SMILES string of the molecule is CC1CNCCN1c1ccc(Nc2ncc3ccn(Cc4cccnc4N(C)S(C)(=O)=O)c3n2)cc1. The summed E-state index contributed by atoms with van der Waals surface area (Å²) in [6.07, 6.45) is 6.46. The van der Waals surface area contributed by atoms with E-state index < -0.39 is 10.0 Å². The van der Waals surface area contributed by atoms with Gasteiger partial charge in [-0.3, -0.25) is 4.31 Å². The Balaban J connectivity index is 1.37. The van der Waals surface area contributed by atoms with E-state index in [-0.39, 0.29) is 0 Å². The number of hydrogen-bond donors (Lipinski definition) is 2. The van der Waals surface area contributed by atoms with E-state index in [4.69, 9.17) is 4.98 Å². The van der Waals surface area contributed by atoms with Crippen LogP contribution in [0.2, 0.25) is 0 Å². The molecule has 4 aromatic rings. The molecule has 0 bridgehead atoms. The first-order chi connectivity index (χ1) is 17.3. The van der Waals surface area contributed by atoms with Crippen LogP contribution in [0.25, 0.3) is 11.0 Å². The molecule has 0 radical (unpaired) electrons. The molecule has 1 unspecified atom stereocenters. The molecule has 1 aliphatic rings. The molecule has 2 N–H and O–H groups in total. The van der Waals surface area contributed by atoms with Gasteiger partial charge >= 0.3 is 0 Å². The van der Waals surface area contributed by atoms with Crippen LogP contribution in [0.5, 0.6) is 0 Å². The lowest BCUT2D eigenvalue weighted by atomic mass is 10.1. The molecular formula is C25H30N8O2S. The number of rotatable bonds is 7. The average molecular weight is 507 g/mol. The zero-order valence-corrected chi connectivity index (χ0v) is 21.4. The normalized spacial score (nSPS) is 16.3. The van der Waals surface area contributed by atoms with Crippen LogP contribution in [-0.4, -0.2) is 66.9 Å². The van der Waals surface area contributed by atoms with Crippen molar-refractivity contribution in [2.75, 3.05) is 47.5 Å². The number of pyridine rings is 1. The molecule has 1 aromatic carbocycles. The molecule has 0 amide bonds. The summed E-state index contributed by atoms with van der Waals surface area (Å²) in [5, 5.41) is 7.62. The fourth-order valence-corrected chi connectivity index (χ4v) is 4.90. The van der Waals surface area contributed by atoms with E-state index in [1.165, 1.54) is 23.3 Å². The predicted octanol–water partition coefficient (Wildman–Crippen LogP) is 2.81. The van der Waals surface area contributed by atoms with Crippen LogP contribution in [0, 0.1) is 0 Å². The third-order valence-corrected chi connectivity index (χ3v) is 7.63. The molecule has 11 heteroatoms. The summed E-state index contributed by atoms with van der Waals surface area (Å²) in [6, 6.07) is 14.4. The molecule has 1 fully saturated rings. The first kappa shape index (κ1) is 24.0. The minimum Gasteiger partial charge on any atom is -0.366 e. The minimum atomic E-state index is -3.43. The zero-order chi connectivity index (χ0) is 25.3. The number of anilines is 4. The number of fused-ring (bicyclic) bond motifs is 1. The van der Waals surface area contributed by atoms with Gasteiger partial charge in [0.15, 0.2) is 0 Å². The van der Waals surface area contributed by atoms with Crippen molar-refractivity contribution in [2.24, 2.45) is 0 Å². The van der Waals surface area contributed by atoms with E-state index in [2.05, 4.69) is 44.6 Å². The highest BCUT2D eigenvalue weighted by atomic mass is 32.2. The predicted molar refractivity (Wildman–Crippen MR) is 144 cm³/mol. The van der Waals surface area contributed by atoms with Gasteiger partial charge < -0.3 is 20.1 Å². The smallest absolute Gasteiger partial charge is 0.233 e. The maximum Gasteiger partial charge on any atom is 0.233 e. The maximum atomic E-state index is 12.1. The standard InChI is InChI=1S/C25H30N8O2S/c1-18-15-26-12-14-33(18)22-8-6-21(7-9-22)29-25-28-16-19-10-13-32(24(19)30-25)17-20-5-4-11-27-23(20)31(2)36(3,34)35/h4-11,13,16,18,26H,12,14-15,17H2,1-3H3,(H,28,29,30). The topological polar surface area (TPSA) is 108 Å². The molecule has 1 atom stereocenters. The second-order valence-corrected chi connectivity index (χ2v) is 11.1. The van der Waals surface area contributed by atoms with E-state index in [9.17, 15) is 8.42 Å². The Bertz CT molecular complexity index is 1470. The summed E-state index contributed by atoms with van der Waals surface area (Å²) in [5.41, 5.74) is 3.62. The molecule has 3 aromatic heterocycles. The maximum absolute atomic E-state index is 12.1. The number of benzene rings is 1. The van der Waals surface area contributed by atoms with E-state index in [0.717, 1.165) is 41.9 Å². The molecule has 36 heavy (non-hydrogen) atoms. The minimum absolute atomic E-state index is 0.396. The van der Waals surface area contributed by atoms with Crippen LogP contribution in [0.3, 0.4) is 0 Å².